The van der Waals surface area contributed by atoms with E-state index in [1.807, 2.05) is 25.1 Å². The number of rotatable bonds is 1. The molecule has 0 aromatic heterocycles. The van der Waals surface area contributed by atoms with Crippen LogP contribution < -0.4 is 4.89 Å². The summed E-state index contributed by atoms with van der Waals surface area (Å²) in [5, 5.41) is 19.9. The molecule has 0 amide bonds. The number of fused-ring (bicyclic) bond motifs is 1. The molecule has 3 heteroatoms. The summed E-state index contributed by atoms with van der Waals surface area (Å²) in [5.41, 5.74) is 0.947. The van der Waals surface area contributed by atoms with Gasteiger partial charge in [-0.3, -0.25) is 0 Å². The molecule has 0 unspecified atom stereocenters. The molecule has 0 bridgehead atoms. The van der Waals surface area contributed by atoms with Crippen molar-refractivity contribution in [2.75, 3.05) is 0 Å². The number of hydrogen-bond acceptors (Lipinski definition) is 3. The third kappa shape index (κ3) is 1.18. The van der Waals surface area contributed by atoms with E-state index < -0.39 is 0 Å². The minimum absolute atomic E-state index is 0.0336. The van der Waals surface area contributed by atoms with Gasteiger partial charge in [0.2, 0.25) is 5.75 Å². The lowest BCUT2D eigenvalue weighted by atomic mass is 10.0. The fourth-order valence-electron chi connectivity index (χ4n) is 1.58. The van der Waals surface area contributed by atoms with Crippen molar-refractivity contribution < 1.29 is 15.3 Å². The molecule has 0 atom stereocenters. The molecule has 2 aromatic carbocycles. The van der Waals surface area contributed by atoms with Gasteiger partial charge in [0.05, 0.1) is 0 Å². The summed E-state index contributed by atoms with van der Waals surface area (Å²) in [4.78, 5) is 4.08. The van der Waals surface area contributed by atoms with Crippen LogP contribution in [0.2, 0.25) is 0 Å². The van der Waals surface area contributed by atoms with E-state index in [1.54, 1.807) is 12.1 Å². The summed E-state index contributed by atoms with van der Waals surface area (Å²) >= 11 is 0. The number of benzene rings is 2. The number of phenols is 1. The molecule has 0 spiro atoms. The highest BCUT2D eigenvalue weighted by atomic mass is 17.1. The normalized spacial score (nSPS) is 10.4. The highest BCUT2D eigenvalue weighted by Crippen LogP contribution is 2.36. The second kappa shape index (κ2) is 3.20. The van der Waals surface area contributed by atoms with Crippen molar-refractivity contribution in [1.82, 2.24) is 0 Å². The van der Waals surface area contributed by atoms with Gasteiger partial charge in [0.1, 0.15) is 0 Å². The van der Waals surface area contributed by atoms with Crippen LogP contribution in [0.25, 0.3) is 10.8 Å². The van der Waals surface area contributed by atoms with Gasteiger partial charge in [-0.15, -0.1) is 0 Å². The molecule has 0 fully saturated rings. The molecule has 0 aliphatic rings. The first-order valence-corrected chi connectivity index (χ1v) is 4.27. The van der Waals surface area contributed by atoms with Crippen molar-refractivity contribution in [2.24, 2.45) is 0 Å². The largest absolute Gasteiger partial charge is 0.504 e. The van der Waals surface area contributed by atoms with Crippen LogP contribution in [0.4, 0.5) is 0 Å². The van der Waals surface area contributed by atoms with Crippen molar-refractivity contribution in [1.29, 1.82) is 0 Å². The van der Waals surface area contributed by atoms with Crippen molar-refractivity contribution in [3.8, 4) is 11.5 Å². The molecular formula is C11H10O3. The molecule has 0 aliphatic carbocycles. The van der Waals surface area contributed by atoms with Gasteiger partial charge in [-0.1, -0.05) is 24.3 Å². The first-order valence-electron chi connectivity index (χ1n) is 4.27. The van der Waals surface area contributed by atoms with Gasteiger partial charge in [-0.05, 0) is 23.9 Å². The van der Waals surface area contributed by atoms with Gasteiger partial charge in [-0.25, -0.2) is 5.26 Å². The maximum Gasteiger partial charge on any atom is 0.207 e. The van der Waals surface area contributed by atoms with Crippen molar-refractivity contribution in [2.45, 2.75) is 6.92 Å². The van der Waals surface area contributed by atoms with Crippen LogP contribution in [0, 0.1) is 6.92 Å². The fraction of sp³-hybridized carbons (Fsp3) is 0.0909. The van der Waals surface area contributed by atoms with Gasteiger partial charge in [0.25, 0.3) is 0 Å². The lowest BCUT2D eigenvalue weighted by Gasteiger charge is -2.07. The standard InChI is InChI=1S/C11H10O3/c1-7-6-10(14-13)11(12)9-5-3-2-4-8(7)9/h2-6,12-13H,1H3. The summed E-state index contributed by atoms with van der Waals surface area (Å²) in [6, 6.07) is 9.00. The maximum absolute atomic E-state index is 9.69. The summed E-state index contributed by atoms with van der Waals surface area (Å²) in [5.74, 6) is 0.0508. The Hall–Kier alpha value is -1.74. The Morgan fingerprint density at radius 1 is 1.14 bits per heavy atom. The van der Waals surface area contributed by atoms with Crippen LogP contribution in [-0.4, -0.2) is 10.4 Å². The highest BCUT2D eigenvalue weighted by molar-refractivity contribution is 5.92. The Bertz CT molecular complexity index is 477. The average Bonchev–Trinajstić information content (AvgIpc) is 2.23. The zero-order chi connectivity index (χ0) is 10.1. The van der Waals surface area contributed by atoms with Crippen LogP contribution in [0.1, 0.15) is 5.56 Å². The summed E-state index contributed by atoms with van der Waals surface area (Å²) < 4.78 is 0. The zero-order valence-corrected chi connectivity index (χ0v) is 7.69. The molecule has 72 valence electrons. The Morgan fingerprint density at radius 3 is 2.43 bits per heavy atom. The Kier molecular flexibility index (Phi) is 2.02. The summed E-state index contributed by atoms with van der Waals surface area (Å²) in [7, 11) is 0. The second-order valence-corrected chi connectivity index (χ2v) is 3.18. The number of phenolic OH excluding ortho intramolecular Hbond substituents is 1. The van der Waals surface area contributed by atoms with Crippen molar-refractivity contribution in [3.63, 3.8) is 0 Å². The molecular weight excluding hydrogens is 180 g/mol. The average molecular weight is 190 g/mol. The first-order chi connectivity index (χ1) is 6.74. The number of hydrogen-bond donors (Lipinski definition) is 2. The van der Waals surface area contributed by atoms with E-state index in [9.17, 15) is 5.11 Å². The van der Waals surface area contributed by atoms with Gasteiger partial charge in [-0.2, -0.15) is 0 Å². The number of aryl methyl sites for hydroxylation is 1. The van der Waals surface area contributed by atoms with E-state index >= 15 is 0 Å². The van der Waals surface area contributed by atoms with E-state index in [0.29, 0.717) is 5.39 Å². The monoisotopic (exact) mass is 190 g/mol. The zero-order valence-electron chi connectivity index (χ0n) is 7.69. The molecule has 0 heterocycles. The van der Waals surface area contributed by atoms with Crippen LogP contribution in [0.5, 0.6) is 11.5 Å². The van der Waals surface area contributed by atoms with Gasteiger partial charge >= 0.3 is 0 Å². The Morgan fingerprint density at radius 2 is 1.79 bits per heavy atom. The summed E-state index contributed by atoms with van der Waals surface area (Å²) in [6.07, 6.45) is 0. The SMILES string of the molecule is Cc1cc(OO)c(O)c2ccccc12. The molecule has 0 aliphatic heterocycles. The molecule has 0 saturated carbocycles. The van der Waals surface area contributed by atoms with E-state index in [1.165, 1.54) is 0 Å². The van der Waals surface area contributed by atoms with Gasteiger partial charge in [0, 0.05) is 5.39 Å². The lowest BCUT2D eigenvalue weighted by molar-refractivity contribution is -0.138. The molecule has 2 rings (SSSR count). The molecule has 3 nitrogen and oxygen atoms in total. The third-order valence-corrected chi connectivity index (χ3v) is 2.29. The topological polar surface area (TPSA) is 49.7 Å². The van der Waals surface area contributed by atoms with E-state index in [4.69, 9.17) is 5.26 Å². The minimum Gasteiger partial charge on any atom is -0.504 e. The quantitative estimate of drug-likeness (QED) is 0.537. The molecule has 14 heavy (non-hydrogen) atoms. The van der Waals surface area contributed by atoms with E-state index in [0.717, 1.165) is 10.9 Å². The van der Waals surface area contributed by atoms with Crippen LogP contribution >= 0.6 is 0 Å². The smallest absolute Gasteiger partial charge is 0.207 e. The second-order valence-electron chi connectivity index (χ2n) is 3.18. The Balaban J connectivity index is 2.87. The predicted molar refractivity (Wildman–Crippen MR) is 53.6 cm³/mol. The van der Waals surface area contributed by atoms with E-state index in [2.05, 4.69) is 4.89 Å². The van der Waals surface area contributed by atoms with Gasteiger partial charge < -0.3 is 9.99 Å². The predicted octanol–water partition coefficient (Wildman–Crippen LogP) is 2.71. The summed E-state index contributed by atoms with van der Waals surface area (Å²) in [6.45, 7) is 1.89. The van der Waals surface area contributed by atoms with Crippen LogP contribution in [-0.2, 0) is 0 Å². The van der Waals surface area contributed by atoms with E-state index in [-0.39, 0.29) is 11.5 Å². The van der Waals surface area contributed by atoms with Crippen molar-refractivity contribution >= 4 is 10.8 Å². The van der Waals surface area contributed by atoms with Gasteiger partial charge in [0.15, 0.2) is 5.75 Å². The van der Waals surface area contributed by atoms with Crippen LogP contribution in [0.15, 0.2) is 30.3 Å². The lowest BCUT2D eigenvalue weighted by Crippen LogP contribution is -1.87. The maximum atomic E-state index is 9.69. The fourth-order valence-corrected chi connectivity index (χ4v) is 1.58. The third-order valence-electron chi connectivity index (χ3n) is 2.29. The molecule has 0 radical (unpaired) electrons. The first kappa shape index (κ1) is 8.84. The minimum atomic E-state index is -0.0336. The highest BCUT2D eigenvalue weighted by Gasteiger charge is 2.09. The molecule has 2 N–H and O–H groups in total. The molecule has 0 saturated heterocycles. The molecule has 2 aromatic rings. The Labute approximate surface area is 81.1 Å². The van der Waals surface area contributed by atoms with Crippen LogP contribution in [0.3, 0.4) is 0 Å². The number of aromatic hydroxyl groups is 1. The van der Waals surface area contributed by atoms with Crippen molar-refractivity contribution in [3.05, 3.63) is 35.9 Å².